The summed E-state index contributed by atoms with van der Waals surface area (Å²) in [6, 6.07) is 69.0. The Kier molecular flexibility index (Phi) is 6.80. The molecule has 54 heavy (non-hydrogen) atoms. The molecule has 0 amide bonds. The normalized spacial score (nSPS) is 11.8. The van der Waals surface area contributed by atoms with Gasteiger partial charge in [-0.15, -0.1) is 0 Å². The van der Waals surface area contributed by atoms with Gasteiger partial charge in [0.25, 0.3) is 0 Å². The van der Waals surface area contributed by atoms with Crippen molar-refractivity contribution in [3.05, 3.63) is 194 Å². The number of rotatable bonds is 3. The smallest absolute Gasteiger partial charge is 0.111 e. The van der Waals surface area contributed by atoms with Gasteiger partial charge in [0.05, 0.1) is 11.0 Å². The maximum absolute atomic E-state index is 4.82. The van der Waals surface area contributed by atoms with Crippen LogP contribution in [0.25, 0.3) is 105 Å². The van der Waals surface area contributed by atoms with Crippen molar-refractivity contribution in [1.82, 2.24) is 9.55 Å². The third kappa shape index (κ3) is 4.57. The fraction of sp³-hybridized carbons (Fsp3) is 0.0192. The van der Waals surface area contributed by atoms with Gasteiger partial charge in [-0.1, -0.05) is 158 Å². The van der Waals surface area contributed by atoms with Crippen LogP contribution in [0.1, 0.15) is 5.82 Å². The Hall–Kier alpha value is -7.03. The van der Waals surface area contributed by atoms with Crippen LogP contribution in [0.2, 0.25) is 0 Å². The van der Waals surface area contributed by atoms with Gasteiger partial charge in [0.1, 0.15) is 5.82 Å². The largest absolute Gasteiger partial charge is 0.297 e. The van der Waals surface area contributed by atoms with Crippen LogP contribution in [0.4, 0.5) is 0 Å². The molecule has 0 spiro atoms. The lowest BCUT2D eigenvalue weighted by atomic mass is 9.79. The first-order chi connectivity index (χ1) is 26.7. The molecule has 252 valence electrons. The molecule has 1 aromatic heterocycles. The van der Waals surface area contributed by atoms with E-state index >= 15 is 0 Å². The second-order valence-electron chi connectivity index (χ2n) is 14.3. The average molecular weight is 687 g/mol. The molecule has 1 heterocycles. The van der Waals surface area contributed by atoms with Gasteiger partial charge < -0.3 is 0 Å². The molecule has 0 atom stereocenters. The van der Waals surface area contributed by atoms with Crippen LogP contribution < -0.4 is 0 Å². The lowest BCUT2D eigenvalue weighted by molar-refractivity contribution is 1.00. The first kappa shape index (κ1) is 30.6. The highest BCUT2D eigenvalue weighted by molar-refractivity contribution is 6.22. The number of benzene rings is 9. The third-order valence-electron chi connectivity index (χ3n) is 11.3. The van der Waals surface area contributed by atoms with Crippen LogP contribution in [0.3, 0.4) is 0 Å². The SMILES string of the molecule is Cc1nc2ccccc2n1-c1ccc(-c2c3ccccc3c(-c3ccc4c(c3)-c3ccccc3-c3ccccc3-c3ccccc3-4)c3ccccc23)cc1. The summed E-state index contributed by atoms with van der Waals surface area (Å²) in [5.41, 5.74) is 18.2. The van der Waals surface area contributed by atoms with Crippen LogP contribution in [-0.4, -0.2) is 9.55 Å². The van der Waals surface area contributed by atoms with Gasteiger partial charge in [-0.3, -0.25) is 4.57 Å². The number of hydrogen-bond acceptors (Lipinski definition) is 1. The minimum absolute atomic E-state index is 0.982. The average Bonchev–Trinajstić information content (AvgIpc) is 3.57. The van der Waals surface area contributed by atoms with E-state index in [1.165, 1.54) is 88.3 Å². The number of aromatic nitrogens is 2. The molecule has 2 heteroatoms. The van der Waals surface area contributed by atoms with E-state index in [9.17, 15) is 0 Å². The van der Waals surface area contributed by atoms with Crippen LogP contribution in [0.15, 0.2) is 188 Å². The number of imidazole rings is 1. The quantitative estimate of drug-likeness (QED) is 0.169. The molecular formula is C52H34N2. The van der Waals surface area contributed by atoms with Gasteiger partial charge in [-0.05, 0) is 126 Å². The fourth-order valence-electron chi connectivity index (χ4n) is 9.02. The van der Waals surface area contributed by atoms with Crippen molar-refractivity contribution in [2.75, 3.05) is 0 Å². The van der Waals surface area contributed by atoms with E-state index in [1.807, 2.05) is 6.07 Å². The molecule has 0 bridgehead atoms. The summed E-state index contributed by atoms with van der Waals surface area (Å²) in [5, 5.41) is 4.98. The maximum Gasteiger partial charge on any atom is 0.111 e. The summed E-state index contributed by atoms with van der Waals surface area (Å²) in [6.07, 6.45) is 0. The minimum Gasteiger partial charge on any atom is -0.297 e. The molecule has 1 aliphatic carbocycles. The Morgan fingerprint density at radius 1 is 0.352 bits per heavy atom. The van der Waals surface area contributed by atoms with Crippen molar-refractivity contribution in [1.29, 1.82) is 0 Å². The molecule has 1 aliphatic rings. The lowest BCUT2D eigenvalue weighted by Crippen LogP contribution is -1.98. The number of hydrogen-bond donors (Lipinski definition) is 0. The zero-order valence-corrected chi connectivity index (χ0v) is 29.8. The Labute approximate surface area is 314 Å². The monoisotopic (exact) mass is 686 g/mol. The molecule has 0 fully saturated rings. The molecule has 0 saturated heterocycles. The highest BCUT2D eigenvalue weighted by atomic mass is 15.1. The van der Waals surface area contributed by atoms with E-state index in [4.69, 9.17) is 4.98 Å². The summed E-state index contributed by atoms with van der Waals surface area (Å²) in [6.45, 7) is 2.08. The standard InChI is InChI=1S/C52H34N2/c1-33-53-49-24-12-13-25-50(49)54(33)36-29-26-34(27-30-36)51-44-20-8-10-22-46(44)52(47-23-11-9-21-45(47)51)35-28-31-43-41-18-5-4-16-39(41)37-14-2-3-15-38(37)40-17-6-7-19-42(40)48(43)32-35/h2-32H,1H3. The van der Waals surface area contributed by atoms with Gasteiger partial charge in [-0.25, -0.2) is 4.98 Å². The number of aryl methyl sites for hydroxylation is 1. The van der Waals surface area contributed by atoms with Gasteiger partial charge in [0.2, 0.25) is 0 Å². The fourth-order valence-corrected chi connectivity index (χ4v) is 9.02. The van der Waals surface area contributed by atoms with Gasteiger partial charge in [-0.2, -0.15) is 0 Å². The Bertz CT molecular complexity index is 3050. The number of nitrogens with zero attached hydrogens (tertiary/aromatic N) is 2. The Morgan fingerprint density at radius 2 is 0.741 bits per heavy atom. The van der Waals surface area contributed by atoms with Crippen LogP contribution in [0, 0.1) is 6.92 Å². The summed E-state index contributed by atoms with van der Waals surface area (Å²) in [4.78, 5) is 4.82. The highest BCUT2D eigenvalue weighted by Crippen LogP contribution is 2.50. The summed E-state index contributed by atoms with van der Waals surface area (Å²) in [5.74, 6) is 0.982. The van der Waals surface area contributed by atoms with Crippen molar-refractivity contribution < 1.29 is 0 Å². The molecule has 0 aliphatic heterocycles. The van der Waals surface area contributed by atoms with Crippen molar-refractivity contribution in [2.45, 2.75) is 6.92 Å². The van der Waals surface area contributed by atoms with Crippen LogP contribution in [0.5, 0.6) is 0 Å². The van der Waals surface area contributed by atoms with Crippen LogP contribution in [-0.2, 0) is 0 Å². The van der Waals surface area contributed by atoms with E-state index in [1.54, 1.807) is 0 Å². The predicted molar refractivity (Wildman–Crippen MR) is 227 cm³/mol. The molecule has 0 radical (unpaired) electrons. The Balaban J connectivity index is 1.14. The van der Waals surface area contributed by atoms with E-state index < -0.39 is 0 Å². The highest BCUT2D eigenvalue weighted by Gasteiger charge is 2.23. The van der Waals surface area contributed by atoms with Crippen molar-refractivity contribution in [2.24, 2.45) is 0 Å². The number of fused-ring (bicyclic) bond motifs is 11. The second-order valence-corrected chi connectivity index (χ2v) is 14.3. The predicted octanol–water partition coefficient (Wildman–Crippen LogP) is 14.0. The number of para-hydroxylation sites is 2. The van der Waals surface area contributed by atoms with E-state index in [2.05, 4.69) is 193 Å². The van der Waals surface area contributed by atoms with E-state index in [0.29, 0.717) is 0 Å². The zero-order chi connectivity index (χ0) is 35.8. The first-order valence-corrected chi connectivity index (χ1v) is 18.6. The second kappa shape index (κ2) is 12.0. The molecular weight excluding hydrogens is 653 g/mol. The molecule has 10 aromatic rings. The molecule has 9 aromatic carbocycles. The molecule has 2 nitrogen and oxygen atoms in total. The summed E-state index contributed by atoms with van der Waals surface area (Å²) in [7, 11) is 0. The lowest BCUT2D eigenvalue weighted by Gasteiger charge is -2.24. The molecule has 0 N–H and O–H groups in total. The maximum atomic E-state index is 4.82. The van der Waals surface area contributed by atoms with Crippen molar-refractivity contribution in [3.63, 3.8) is 0 Å². The Morgan fingerprint density at radius 3 is 1.26 bits per heavy atom. The van der Waals surface area contributed by atoms with E-state index in [0.717, 1.165) is 22.5 Å². The van der Waals surface area contributed by atoms with Gasteiger partial charge >= 0.3 is 0 Å². The van der Waals surface area contributed by atoms with E-state index in [-0.39, 0.29) is 0 Å². The third-order valence-corrected chi connectivity index (χ3v) is 11.3. The molecule has 0 unspecified atom stereocenters. The minimum atomic E-state index is 0.982. The molecule has 0 saturated carbocycles. The van der Waals surface area contributed by atoms with Crippen LogP contribution >= 0.6 is 0 Å². The summed E-state index contributed by atoms with van der Waals surface area (Å²) >= 11 is 0. The van der Waals surface area contributed by atoms with Crippen molar-refractivity contribution in [3.8, 4) is 72.4 Å². The van der Waals surface area contributed by atoms with Gasteiger partial charge in [0, 0.05) is 5.69 Å². The molecule has 11 rings (SSSR count). The van der Waals surface area contributed by atoms with Gasteiger partial charge in [0.15, 0.2) is 0 Å². The van der Waals surface area contributed by atoms with Crippen molar-refractivity contribution >= 4 is 32.6 Å². The summed E-state index contributed by atoms with van der Waals surface area (Å²) < 4.78 is 2.24. The topological polar surface area (TPSA) is 17.8 Å². The first-order valence-electron chi connectivity index (χ1n) is 18.6. The zero-order valence-electron chi connectivity index (χ0n) is 29.8.